The molecule has 0 aliphatic heterocycles. The van der Waals surface area contributed by atoms with E-state index in [1.807, 2.05) is 55.0 Å². The fourth-order valence-corrected chi connectivity index (χ4v) is 4.73. The van der Waals surface area contributed by atoms with Crippen molar-refractivity contribution in [1.82, 2.24) is 24.5 Å². The minimum atomic E-state index is 0.0522. The fourth-order valence-electron chi connectivity index (χ4n) is 3.91. The van der Waals surface area contributed by atoms with E-state index in [4.69, 9.17) is 5.26 Å². The summed E-state index contributed by atoms with van der Waals surface area (Å²) in [6, 6.07) is 14.5. The average Bonchev–Trinajstić information content (AvgIpc) is 3.45. The number of hydrogen-bond donors (Lipinski definition) is 4. The molecule has 0 unspecified atom stereocenters. The third kappa shape index (κ3) is 4.21. The van der Waals surface area contributed by atoms with Crippen LogP contribution in [0.15, 0.2) is 59.9 Å². The monoisotopic (exact) mass is 445 g/mol. The highest BCUT2D eigenvalue weighted by molar-refractivity contribution is 7.97. The maximum atomic E-state index is 9.18. The van der Waals surface area contributed by atoms with Crippen LogP contribution in [0, 0.1) is 11.3 Å². The number of nitrogens with one attached hydrogen (secondary N) is 3. The molecule has 1 aliphatic carbocycles. The molecule has 8 nitrogen and oxygen atoms in total. The molecular formula is C23H23N7OS. The molecule has 3 heterocycles. The molecule has 1 saturated carbocycles. The molecule has 0 radical (unpaired) electrons. The molecule has 0 saturated heterocycles. The zero-order chi connectivity index (χ0) is 21.9. The molecule has 1 aromatic carbocycles. The van der Waals surface area contributed by atoms with Gasteiger partial charge in [-0.2, -0.15) is 10.4 Å². The summed E-state index contributed by atoms with van der Waals surface area (Å²) in [7, 11) is 0. The summed E-state index contributed by atoms with van der Waals surface area (Å²) in [5.74, 6) is 0. The van der Waals surface area contributed by atoms with E-state index in [1.165, 1.54) is 0 Å². The van der Waals surface area contributed by atoms with Crippen LogP contribution in [-0.4, -0.2) is 43.5 Å². The lowest BCUT2D eigenvalue weighted by molar-refractivity contribution is 0.269. The summed E-state index contributed by atoms with van der Waals surface area (Å²) in [4.78, 5) is 8.77. The van der Waals surface area contributed by atoms with Crippen molar-refractivity contribution in [1.29, 1.82) is 5.26 Å². The number of nitrogens with zero attached hydrogens (tertiary/aromatic N) is 4. The third-order valence-electron chi connectivity index (χ3n) is 5.63. The topological polar surface area (TPSA) is 115 Å². The highest BCUT2D eigenvalue weighted by Crippen LogP contribution is 2.36. The second-order valence-corrected chi connectivity index (χ2v) is 8.75. The van der Waals surface area contributed by atoms with Crippen LogP contribution < -0.4 is 10.0 Å². The van der Waals surface area contributed by atoms with Crippen LogP contribution in [-0.2, 0) is 6.54 Å². The Morgan fingerprint density at radius 3 is 3.00 bits per heavy atom. The molecule has 9 heteroatoms. The molecule has 1 fully saturated rings. The minimum Gasteiger partial charge on any atom is -0.394 e. The maximum Gasteiger partial charge on any atom is 0.139 e. The van der Waals surface area contributed by atoms with Gasteiger partial charge in [-0.05, 0) is 55.1 Å². The molecule has 1 aliphatic rings. The van der Waals surface area contributed by atoms with E-state index >= 15 is 0 Å². The summed E-state index contributed by atoms with van der Waals surface area (Å²) in [6.45, 7) is 0.518. The Kier molecular flexibility index (Phi) is 5.81. The lowest BCUT2D eigenvalue weighted by Gasteiger charge is -2.37. The number of aliphatic hydroxyl groups excluding tert-OH is 1. The van der Waals surface area contributed by atoms with Gasteiger partial charge in [0.25, 0.3) is 0 Å². The summed E-state index contributed by atoms with van der Waals surface area (Å²) in [5.41, 5.74) is 4.33. The fraction of sp³-hybridized carbons (Fsp3) is 0.261. The number of fused-ring (bicyclic) bond motifs is 1. The number of aliphatic hydroxyl groups is 1. The number of aromatic nitrogens is 4. The van der Waals surface area contributed by atoms with E-state index < -0.39 is 0 Å². The van der Waals surface area contributed by atoms with Gasteiger partial charge in [0.1, 0.15) is 5.65 Å². The predicted molar refractivity (Wildman–Crippen MR) is 125 cm³/mol. The Bertz CT molecular complexity index is 1270. The summed E-state index contributed by atoms with van der Waals surface area (Å²) in [5, 5.41) is 27.6. The normalized spacial score (nSPS) is 17.8. The summed E-state index contributed by atoms with van der Waals surface area (Å²) in [6.07, 6.45) is 7.61. The first-order valence-corrected chi connectivity index (χ1v) is 11.3. The van der Waals surface area contributed by atoms with Crippen molar-refractivity contribution in [2.24, 2.45) is 0 Å². The molecule has 4 aromatic rings. The first kappa shape index (κ1) is 20.6. The van der Waals surface area contributed by atoms with Crippen LogP contribution >= 0.6 is 11.9 Å². The molecule has 0 amide bonds. The van der Waals surface area contributed by atoms with Gasteiger partial charge in [-0.15, -0.1) is 0 Å². The Hall–Kier alpha value is -3.32. The lowest BCUT2D eigenvalue weighted by Crippen LogP contribution is -2.45. The molecular weight excluding hydrogens is 422 g/mol. The van der Waals surface area contributed by atoms with Gasteiger partial charge in [0.15, 0.2) is 0 Å². The van der Waals surface area contributed by atoms with E-state index in [0.29, 0.717) is 24.2 Å². The second kappa shape index (κ2) is 9.04. The average molecular weight is 446 g/mol. The van der Waals surface area contributed by atoms with E-state index in [0.717, 1.165) is 45.7 Å². The van der Waals surface area contributed by atoms with Gasteiger partial charge in [0.2, 0.25) is 0 Å². The maximum absolute atomic E-state index is 9.18. The number of pyridine rings is 1. The van der Waals surface area contributed by atoms with Crippen LogP contribution in [0.25, 0.3) is 22.3 Å². The Balaban J connectivity index is 1.27. The SMILES string of the molecule is N#Cc1cccc(SNC2CC(Nc3c(-c4ccn(CCO)n4)cnc4[nH]ccc34)C2)c1. The smallest absolute Gasteiger partial charge is 0.139 e. The van der Waals surface area contributed by atoms with E-state index in [1.54, 1.807) is 16.6 Å². The van der Waals surface area contributed by atoms with Crippen molar-refractivity contribution in [3.63, 3.8) is 0 Å². The van der Waals surface area contributed by atoms with Crippen molar-refractivity contribution in [2.75, 3.05) is 11.9 Å². The van der Waals surface area contributed by atoms with Crippen LogP contribution in [0.3, 0.4) is 0 Å². The Labute approximate surface area is 189 Å². The quantitative estimate of drug-likeness (QED) is 0.307. The molecule has 3 aromatic heterocycles. The highest BCUT2D eigenvalue weighted by Gasteiger charge is 2.30. The summed E-state index contributed by atoms with van der Waals surface area (Å²) >= 11 is 1.58. The predicted octanol–water partition coefficient (Wildman–Crippen LogP) is 3.53. The Morgan fingerprint density at radius 1 is 1.25 bits per heavy atom. The molecule has 162 valence electrons. The van der Waals surface area contributed by atoms with Gasteiger partial charge in [-0.25, -0.2) is 4.98 Å². The number of rotatable bonds is 8. The number of aromatic amines is 1. The number of nitriles is 1. The van der Waals surface area contributed by atoms with Crippen molar-refractivity contribution in [3.8, 4) is 17.3 Å². The summed E-state index contributed by atoms with van der Waals surface area (Å²) < 4.78 is 5.25. The highest BCUT2D eigenvalue weighted by atomic mass is 32.2. The van der Waals surface area contributed by atoms with Crippen LogP contribution in [0.1, 0.15) is 18.4 Å². The van der Waals surface area contributed by atoms with E-state index in [2.05, 4.69) is 31.2 Å². The van der Waals surface area contributed by atoms with Gasteiger partial charge >= 0.3 is 0 Å². The number of anilines is 1. The van der Waals surface area contributed by atoms with Crippen LogP contribution in [0.5, 0.6) is 0 Å². The molecule has 5 rings (SSSR count). The van der Waals surface area contributed by atoms with Crippen molar-refractivity contribution in [2.45, 2.75) is 36.4 Å². The number of hydrogen-bond acceptors (Lipinski definition) is 7. The van der Waals surface area contributed by atoms with Gasteiger partial charge in [0, 0.05) is 46.5 Å². The van der Waals surface area contributed by atoms with Crippen molar-refractivity contribution >= 4 is 28.7 Å². The van der Waals surface area contributed by atoms with Crippen LogP contribution in [0.4, 0.5) is 5.69 Å². The largest absolute Gasteiger partial charge is 0.394 e. The zero-order valence-corrected chi connectivity index (χ0v) is 18.1. The Morgan fingerprint density at radius 2 is 2.16 bits per heavy atom. The first-order chi connectivity index (χ1) is 15.7. The standard InChI is InChI=1S/C23H23N7OS/c24-13-15-2-1-3-18(10-15)32-29-17-11-16(12-17)27-22-19-4-6-25-23(19)26-14-20(22)21-5-7-30(28-21)8-9-31/h1-7,10,14,16-17,29,31H,8-9,11-12H2,(H2,25,26,27). The van der Waals surface area contributed by atoms with Gasteiger partial charge in [0.05, 0.1) is 36.2 Å². The van der Waals surface area contributed by atoms with Crippen LogP contribution in [0.2, 0.25) is 0 Å². The van der Waals surface area contributed by atoms with E-state index in [-0.39, 0.29) is 6.61 Å². The first-order valence-electron chi connectivity index (χ1n) is 10.5. The lowest BCUT2D eigenvalue weighted by atomic mass is 9.87. The van der Waals surface area contributed by atoms with E-state index in [9.17, 15) is 5.11 Å². The number of benzene rings is 1. The van der Waals surface area contributed by atoms with Crippen molar-refractivity contribution in [3.05, 3.63) is 60.6 Å². The van der Waals surface area contributed by atoms with Gasteiger partial charge in [-0.1, -0.05) is 6.07 Å². The molecule has 0 spiro atoms. The van der Waals surface area contributed by atoms with Gasteiger partial charge in [-0.3, -0.25) is 9.40 Å². The second-order valence-electron chi connectivity index (χ2n) is 7.84. The van der Waals surface area contributed by atoms with Crippen molar-refractivity contribution < 1.29 is 5.11 Å². The minimum absolute atomic E-state index is 0.0522. The molecule has 32 heavy (non-hydrogen) atoms. The molecule has 0 bridgehead atoms. The number of H-pyrrole nitrogens is 1. The molecule has 0 atom stereocenters. The third-order valence-corrected chi connectivity index (χ3v) is 6.57. The van der Waals surface area contributed by atoms with Gasteiger partial charge < -0.3 is 15.4 Å². The zero-order valence-electron chi connectivity index (χ0n) is 17.3. The molecule has 4 N–H and O–H groups in total.